The van der Waals surface area contributed by atoms with Crippen LogP contribution < -0.4 is 10.5 Å². The molecule has 0 N–H and O–H groups in total. The highest BCUT2D eigenvalue weighted by Gasteiger charge is 2.25. The maximum absolute atomic E-state index is 12.5. The number of aromatic nitrogens is 3. The predicted molar refractivity (Wildman–Crippen MR) is 112 cm³/mol. The molecular weight excluding hydrogens is 390 g/mol. The molecule has 7 nitrogen and oxygen atoms in total. The van der Waals surface area contributed by atoms with Gasteiger partial charge in [0.1, 0.15) is 6.10 Å². The molecule has 1 aliphatic heterocycles. The van der Waals surface area contributed by atoms with E-state index in [0.29, 0.717) is 36.9 Å². The van der Waals surface area contributed by atoms with Gasteiger partial charge >= 0.3 is 0 Å². The summed E-state index contributed by atoms with van der Waals surface area (Å²) >= 11 is 0. The first-order valence-corrected chi connectivity index (χ1v) is 9.01. The van der Waals surface area contributed by atoms with E-state index in [-0.39, 0.29) is 24.1 Å². The predicted octanol–water partition coefficient (Wildman–Crippen LogP) is 2.71. The van der Waals surface area contributed by atoms with E-state index < -0.39 is 0 Å². The van der Waals surface area contributed by atoms with Crippen molar-refractivity contribution in [3.63, 3.8) is 0 Å². The fraction of sp³-hybridized carbons (Fsp3) is 0.238. The van der Waals surface area contributed by atoms with E-state index >= 15 is 0 Å². The quantitative estimate of drug-likeness (QED) is 0.661. The van der Waals surface area contributed by atoms with Gasteiger partial charge in [-0.15, -0.1) is 12.4 Å². The van der Waals surface area contributed by atoms with Crippen molar-refractivity contribution in [3.05, 3.63) is 76.3 Å². The molecule has 29 heavy (non-hydrogen) atoms. The zero-order valence-corrected chi connectivity index (χ0v) is 16.7. The van der Waals surface area contributed by atoms with Crippen LogP contribution in [0.15, 0.2) is 59.7 Å². The van der Waals surface area contributed by atoms with Crippen molar-refractivity contribution in [1.29, 1.82) is 5.26 Å². The average molecular weight is 410 g/mol. The molecule has 0 spiro atoms. The van der Waals surface area contributed by atoms with Crippen molar-refractivity contribution < 1.29 is 4.74 Å². The van der Waals surface area contributed by atoms with Crippen LogP contribution in [0.3, 0.4) is 0 Å². The molecule has 1 atom stereocenters. The molecule has 1 aromatic carbocycles. The summed E-state index contributed by atoms with van der Waals surface area (Å²) < 4.78 is 7.48. The average Bonchev–Trinajstić information content (AvgIpc) is 2.76. The standard InChI is InChI=1S/C21H19N5O2.ClH/c1-25-20(27)12-18(16-5-7-23-8-6-16)24-21(25)26-9-10-28-19(14-26)17-4-2-3-15(11-17)13-22;/h2-8,11-12,19H,9-10,14H2,1H3;1H/t19-;/m0./s1. The second kappa shape index (κ2) is 8.86. The highest BCUT2D eigenvalue weighted by atomic mass is 35.5. The van der Waals surface area contributed by atoms with Gasteiger partial charge in [0.05, 0.1) is 30.5 Å². The molecule has 1 saturated heterocycles. The molecule has 0 bridgehead atoms. The zero-order chi connectivity index (χ0) is 19.5. The van der Waals surface area contributed by atoms with E-state index in [1.807, 2.05) is 30.3 Å². The Labute approximate surface area is 174 Å². The van der Waals surface area contributed by atoms with Crippen LogP contribution in [0.2, 0.25) is 0 Å². The third-order valence-electron chi connectivity index (χ3n) is 4.82. The van der Waals surface area contributed by atoms with Crippen molar-refractivity contribution in [3.8, 4) is 17.3 Å². The lowest BCUT2D eigenvalue weighted by Crippen LogP contribution is -2.41. The smallest absolute Gasteiger partial charge is 0.255 e. The molecule has 3 aromatic rings. The Kier molecular flexibility index (Phi) is 6.27. The highest BCUT2D eigenvalue weighted by Crippen LogP contribution is 2.26. The van der Waals surface area contributed by atoms with E-state index in [9.17, 15) is 4.79 Å². The minimum Gasteiger partial charge on any atom is -0.370 e. The first-order valence-electron chi connectivity index (χ1n) is 9.01. The largest absolute Gasteiger partial charge is 0.370 e. The van der Waals surface area contributed by atoms with Gasteiger partial charge in [0.25, 0.3) is 5.56 Å². The number of rotatable bonds is 3. The Balaban J connectivity index is 0.00000240. The van der Waals surface area contributed by atoms with Crippen LogP contribution in [0.25, 0.3) is 11.3 Å². The topological polar surface area (TPSA) is 84.0 Å². The van der Waals surface area contributed by atoms with Crippen molar-refractivity contribution in [2.24, 2.45) is 7.05 Å². The SMILES string of the molecule is Cl.Cn1c(N2CCO[C@H](c3cccc(C#N)c3)C2)nc(-c2ccncc2)cc1=O. The van der Waals surface area contributed by atoms with E-state index in [4.69, 9.17) is 15.0 Å². The molecular formula is C21H20ClN5O2. The van der Waals surface area contributed by atoms with E-state index in [0.717, 1.165) is 11.1 Å². The van der Waals surface area contributed by atoms with Gasteiger partial charge in [0.2, 0.25) is 5.95 Å². The Morgan fingerprint density at radius 1 is 1.21 bits per heavy atom. The number of pyridine rings is 1. The fourth-order valence-electron chi connectivity index (χ4n) is 3.32. The van der Waals surface area contributed by atoms with Crippen molar-refractivity contribution in [1.82, 2.24) is 14.5 Å². The molecule has 2 aromatic heterocycles. The number of hydrogen-bond acceptors (Lipinski definition) is 6. The Bertz CT molecular complexity index is 1090. The van der Waals surface area contributed by atoms with Crippen LogP contribution >= 0.6 is 12.4 Å². The summed E-state index contributed by atoms with van der Waals surface area (Å²) in [5.41, 5.74) is 2.89. The normalized spacial score (nSPS) is 16.0. The molecule has 0 amide bonds. The van der Waals surface area contributed by atoms with Gasteiger partial charge in [-0.05, 0) is 29.8 Å². The summed E-state index contributed by atoms with van der Waals surface area (Å²) in [4.78, 5) is 23.3. The van der Waals surface area contributed by atoms with Gasteiger partial charge in [0, 0.05) is 37.6 Å². The van der Waals surface area contributed by atoms with E-state index in [1.54, 1.807) is 30.1 Å². The van der Waals surface area contributed by atoms with Gasteiger partial charge in [-0.25, -0.2) is 4.98 Å². The van der Waals surface area contributed by atoms with Crippen LogP contribution in [0, 0.1) is 11.3 Å². The van der Waals surface area contributed by atoms with Gasteiger partial charge in [-0.3, -0.25) is 14.3 Å². The van der Waals surface area contributed by atoms with Gasteiger partial charge in [-0.1, -0.05) is 12.1 Å². The van der Waals surface area contributed by atoms with Crippen LogP contribution in [0.5, 0.6) is 0 Å². The van der Waals surface area contributed by atoms with Crippen molar-refractivity contribution in [2.45, 2.75) is 6.10 Å². The summed E-state index contributed by atoms with van der Waals surface area (Å²) in [5, 5.41) is 9.14. The van der Waals surface area contributed by atoms with Crippen LogP contribution in [0.1, 0.15) is 17.2 Å². The maximum Gasteiger partial charge on any atom is 0.255 e. The fourth-order valence-corrected chi connectivity index (χ4v) is 3.32. The van der Waals surface area contributed by atoms with Crippen molar-refractivity contribution >= 4 is 18.4 Å². The lowest BCUT2D eigenvalue weighted by molar-refractivity contribution is 0.0389. The number of nitrogens with zero attached hydrogens (tertiary/aromatic N) is 5. The van der Waals surface area contributed by atoms with Crippen LogP contribution in [0.4, 0.5) is 5.95 Å². The minimum atomic E-state index is -0.191. The summed E-state index contributed by atoms with van der Waals surface area (Å²) in [6.45, 7) is 1.69. The first kappa shape index (κ1) is 20.5. The third-order valence-corrected chi connectivity index (χ3v) is 4.82. The summed E-state index contributed by atoms with van der Waals surface area (Å²) in [6.07, 6.45) is 3.17. The molecule has 8 heteroatoms. The number of halogens is 1. The number of anilines is 1. The number of benzene rings is 1. The number of ether oxygens (including phenoxy) is 1. The summed E-state index contributed by atoms with van der Waals surface area (Å²) in [6, 6.07) is 14.8. The molecule has 4 rings (SSSR count). The Morgan fingerprint density at radius 2 is 2.00 bits per heavy atom. The first-order chi connectivity index (χ1) is 13.7. The molecule has 1 fully saturated rings. The Hall–Kier alpha value is -3.21. The van der Waals surface area contributed by atoms with Crippen molar-refractivity contribution in [2.75, 3.05) is 24.6 Å². The Morgan fingerprint density at radius 3 is 2.76 bits per heavy atom. The number of hydrogen-bond donors (Lipinski definition) is 0. The van der Waals surface area contributed by atoms with Gasteiger partial charge in [0.15, 0.2) is 0 Å². The van der Waals surface area contributed by atoms with Gasteiger partial charge in [-0.2, -0.15) is 5.26 Å². The highest BCUT2D eigenvalue weighted by molar-refractivity contribution is 5.85. The van der Waals surface area contributed by atoms with E-state index in [2.05, 4.69) is 16.0 Å². The van der Waals surface area contributed by atoms with Gasteiger partial charge < -0.3 is 9.64 Å². The molecule has 1 aliphatic rings. The molecule has 0 saturated carbocycles. The molecule has 0 radical (unpaired) electrons. The molecule has 3 heterocycles. The number of morpholine rings is 1. The maximum atomic E-state index is 12.5. The number of nitriles is 1. The van der Waals surface area contributed by atoms with E-state index in [1.165, 1.54) is 6.07 Å². The molecule has 0 aliphatic carbocycles. The molecule has 148 valence electrons. The second-order valence-corrected chi connectivity index (χ2v) is 6.62. The van der Waals surface area contributed by atoms with Crippen LogP contribution in [-0.2, 0) is 11.8 Å². The molecule has 0 unspecified atom stereocenters. The zero-order valence-electron chi connectivity index (χ0n) is 15.9. The lowest BCUT2D eigenvalue weighted by atomic mass is 10.1. The summed E-state index contributed by atoms with van der Waals surface area (Å²) in [7, 11) is 1.72. The monoisotopic (exact) mass is 409 g/mol. The third kappa shape index (κ3) is 4.29. The summed E-state index contributed by atoms with van der Waals surface area (Å²) in [5.74, 6) is 0.601. The second-order valence-electron chi connectivity index (χ2n) is 6.62. The minimum absolute atomic E-state index is 0. The lowest BCUT2D eigenvalue weighted by Gasteiger charge is -2.34. The van der Waals surface area contributed by atoms with Crippen LogP contribution in [-0.4, -0.2) is 34.2 Å².